The summed E-state index contributed by atoms with van der Waals surface area (Å²) in [5.74, 6) is -0.349. The molecule has 1 N–H and O–H groups in total. The smallest absolute Gasteiger partial charge is 0.297 e. The van der Waals surface area contributed by atoms with Gasteiger partial charge in [-0.25, -0.2) is 9.18 Å². The van der Waals surface area contributed by atoms with Crippen molar-refractivity contribution in [2.24, 2.45) is 0 Å². The van der Waals surface area contributed by atoms with E-state index in [1.54, 1.807) is 18.2 Å². The van der Waals surface area contributed by atoms with Gasteiger partial charge in [0, 0.05) is 12.1 Å². The highest BCUT2D eigenvalue weighted by Gasteiger charge is 2.09. The Balaban J connectivity index is 2.31. The fourth-order valence-corrected chi connectivity index (χ4v) is 1.94. The number of nitrogens with one attached hydrogen (secondary N) is 1. The summed E-state index contributed by atoms with van der Waals surface area (Å²) in [6, 6.07) is 6.26. The molecule has 0 aliphatic carbocycles. The van der Waals surface area contributed by atoms with E-state index in [-0.39, 0.29) is 29.5 Å². The Bertz CT molecular complexity index is 721. The molecule has 2 aromatic rings. The van der Waals surface area contributed by atoms with Gasteiger partial charge in [-0.2, -0.15) is 0 Å². The van der Waals surface area contributed by atoms with Crippen LogP contribution in [0.3, 0.4) is 0 Å². The second-order valence-corrected chi connectivity index (χ2v) is 4.55. The lowest BCUT2D eigenvalue weighted by Gasteiger charge is -2.07. The highest BCUT2D eigenvalue weighted by molar-refractivity contribution is 6.30. The number of H-pyrrole nitrogens is 1. The Morgan fingerprint density at radius 3 is 2.68 bits per heavy atom. The van der Waals surface area contributed by atoms with Crippen LogP contribution < -0.4 is 11.2 Å². The summed E-state index contributed by atoms with van der Waals surface area (Å²) in [6.45, 7) is 1.63. The number of benzene rings is 1. The minimum Gasteiger partial charge on any atom is -0.297 e. The fraction of sp³-hybridized carbons (Fsp3) is 0.231. The van der Waals surface area contributed by atoms with Gasteiger partial charge < -0.3 is 0 Å². The summed E-state index contributed by atoms with van der Waals surface area (Å²) in [4.78, 5) is 25.9. The molecule has 0 saturated heterocycles. The molecular weight excluding hydrogens is 271 g/mol. The minimum atomic E-state index is -0.586. The van der Waals surface area contributed by atoms with Gasteiger partial charge in [-0.15, -0.1) is 0 Å². The molecule has 0 aliphatic heterocycles. The topological polar surface area (TPSA) is 54.9 Å². The van der Waals surface area contributed by atoms with E-state index in [4.69, 9.17) is 11.6 Å². The number of aromatic nitrogens is 2. The highest BCUT2D eigenvalue weighted by Crippen LogP contribution is 2.08. The van der Waals surface area contributed by atoms with Crippen molar-refractivity contribution in [1.29, 1.82) is 0 Å². The Kier molecular flexibility index (Phi) is 3.85. The summed E-state index contributed by atoms with van der Waals surface area (Å²) in [5, 5.41) is 0.0390. The van der Waals surface area contributed by atoms with Crippen LogP contribution in [0, 0.1) is 12.7 Å². The van der Waals surface area contributed by atoms with Gasteiger partial charge in [0.15, 0.2) is 0 Å². The maximum atomic E-state index is 13.4. The van der Waals surface area contributed by atoms with Crippen molar-refractivity contribution in [3.05, 3.63) is 67.2 Å². The third-order valence-electron chi connectivity index (χ3n) is 2.92. The third kappa shape index (κ3) is 2.76. The van der Waals surface area contributed by atoms with E-state index in [1.807, 2.05) is 0 Å². The monoisotopic (exact) mass is 282 g/mol. The molecule has 0 saturated carbocycles. The van der Waals surface area contributed by atoms with Crippen LogP contribution in [0.5, 0.6) is 0 Å². The molecule has 4 nitrogen and oxygen atoms in total. The molecule has 2 rings (SSSR count). The summed E-state index contributed by atoms with van der Waals surface area (Å²) < 4.78 is 14.5. The molecule has 1 heterocycles. The predicted octanol–water partition coefficient (Wildman–Crippen LogP) is 1.88. The first-order chi connectivity index (χ1) is 9.00. The van der Waals surface area contributed by atoms with Crippen LogP contribution in [0.15, 0.2) is 33.9 Å². The van der Waals surface area contributed by atoms with Gasteiger partial charge in [0.05, 0.1) is 0 Å². The van der Waals surface area contributed by atoms with Crippen LogP contribution in [-0.2, 0) is 13.0 Å². The molecule has 0 amide bonds. The molecule has 0 unspecified atom stereocenters. The lowest BCUT2D eigenvalue weighted by Crippen LogP contribution is -2.37. The van der Waals surface area contributed by atoms with E-state index >= 15 is 0 Å². The second kappa shape index (κ2) is 5.40. The molecule has 100 valence electrons. The largest absolute Gasteiger partial charge is 0.329 e. The van der Waals surface area contributed by atoms with E-state index in [9.17, 15) is 14.0 Å². The van der Waals surface area contributed by atoms with E-state index in [2.05, 4.69) is 4.98 Å². The van der Waals surface area contributed by atoms with Crippen molar-refractivity contribution in [2.45, 2.75) is 19.9 Å². The molecule has 0 aliphatic rings. The molecule has 1 aromatic heterocycles. The van der Waals surface area contributed by atoms with Crippen molar-refractivity contribution in [2.75, 3.05) is 0 Å². The number of nitrogens with zero attached hydrogens (tertiary/aromatic N) is 1. The zero-order valence-corrected chi connectivity index (χ0v) is 11.0. The van der Waals surface area contributed by atoms with Gasteiger partial charge in [0.25, 0.3) is 5.56 Å². The molecule has 0 fully saturated rings. The van der Waals surface area contributed by atoms with Gasteiger partial charge in [-0.05, 0) is 25.0 Å². The van der Waals surface area contributed by atoms with E-state index in [1.165, 1.54) is 13.0 Å². The van der Waals surface area contributed by atoms with Gasteiger partial charge >= 0.3 is 5.69 Å². The zero-order chi connectivity index (χ0) is 14.0. The van der Waals surface area contributed by atoms with Crippen LogP contribution in [0.1, 0.15) is 11.1 Å². The van der Waals surface area contributed by atoms with Crippen molar-refractivity contribution in [1.82, 2.24) is 9.55 Å². The Hall–Kier alpha value is -1.88. The lowest BCUT2D eigenvalue weighted by molar-refractivity contribution is 0.576. The normalized spacial score (nSPS) is 10.7. The molecule has 0 spiro atoms. The summed E-state index contributed by atoms with van der Waals surface area (Å²) in [5.41, 5.74) is -0.307. The molecule has 1 aromatic carbocycles. The molecule has 6 heteroatoms. The standard InChI is InChI=1S/C13H12ClFN2O2/c1-8-11(14)16-13(19)17(12(8)18)7-6-9-4-2-3-5-10(9)15/h2-5H,6-7H2,1H3,(H,16,19). The number of halogens is 2. The van der Waals surface area contributed by atoms with E-state index in [0.29, 0.717) is 5.56 Å². The molecule has 19 heavy (non-hydrogen) atoms. The second-order valence-electron chi connectivity index (χ2n) is 4.17. The minimum absolute atomic E-state index is 0.0390. The molecular formula is C13H12ClFN2O2. The van der Waals surface area contributed by atoms with E-state index in [0.717, 1.165) is 4.57 Å². The quantitative estimate of drug-likeness (QED) is 0.874. The molecule has 0 bridgehead atoms. The Labute approximate surface area is 113 Å². The first-order valence-electron chi connectivity index (χ1n) is 5.73. The summed E-state index contributed by atoms with van der Waals surface area (Å²) >= 11 is 5.70. The first-order valence-corrected chi connectivity index (χ1v) is 6.11. The Morgan fingerprint density at radius 2 is 2.00 bits per heavy atom. The van der Waals surface area contributed by atoms with Crippen LogP contribution in [0.4, 0.5) is 4.39 Å². The average Bonchev–Trinajstić information content (AvgIpc) is 2.38. The van der Waals surface area contributed by atoms with Crippen molar-refractivity contribution >= 4 is 11.6 Å². The van der Waals surface area contributed by atoms with Gasteiger partial charge in [-0.3, -0.25) is 14.3 Å². The number of hydrogen-bond donors (Lipinski definition) is 1. The lowest BCUT2D eigenvalue weighted by atomic mass is 10.1. The highest BCUT2D eigenvalue weighted by atomic mass is 35.5. The van der Waals surface area contributed by atoms with Crippen LogP contribution in [0.2, 0.25) is 5.15 Å². The van der Waals surface area contributed by atoms with Crippen LogP contribution >= 0.6 is 11.6 Å². The number of aromatic amines is 1. The fourth-order valence-electron chi connectivity index (χ4n) is 1.78. The summed E-state index contributed by atoms with van der Waals surface area (Å²) in [6.07, 6.45) is 0.261. The maximum absolute atomic E-state index is 13.4. The number of rotatable bonds is 3. The van der Waals surface area contributed by atoms with Crippen molar-refractivity contribution in [3.8, 4) is 0 Å². The van der Waals surface area contributed by atoms with Gasteiger partial charge in [0.2, 0.25) is 0 Å². The zero-order valence-electron chi connectivity index (χ0n) is 10.2. The number of hydrogen-bond acceptors (Lipinski definition) is 2. The van der Waals surface area contributed by atoms with Crippen LogP contribution in [0.25, 0.3) is 0 Å². The van der Waals surface area contributed by atoms with Crippen molar-refractivity contribution in [3.63, 3.8) is 0 Å². The third-order valence-corrected chi connectivity index (χ3v) is 3.30. The molecule has 0 atom stereocenters. The van der Waals surface area contributed by atoms with Gasteiger partial charge in [0.1, 0.15) is 11.0 Å². The van der Waals surface area contributed by atoms with E-state index < -0.39 is 11.2 Å². The van der Waals surface area contributed by atoms with Crippen molar-refractivity contribution < 1.29 is 4.39 Å². The van der Waals surface area contributed by atoms with Crippen LogP contribution in [-0.4, -0.2) is 9.55 Å². The summed E-state index contributed by atoms with van der Waals surface area (Å²) in [7, 11) is 0. The molecule has 0 radical (unpaired) electrons. The number of aryl methyl sites for hydroxylation is 1. The van der Waals surface area contributed by atoms with Gasteiger partial charge in [-0.1, -0.05) is 29.8 Å². The Morgan fingerprint density at radius 1 is 1.32 bits per heavy atom. The SMILES string of the molecule is Cc1c(Cl)[nH]c(=O)n(CCc2ccccc2F)c1=O. The average molecular weight is 283 g/mol. The maximum Gasteiger partial charge on any atom is 0.329 e. The first kappa shape index (κ1) is 13.5. The predicted molar refractivity (Wildman–Crippen MR) is 71.2 cm³/mol.